The first-order chi connectivity index (χ1) is 7.58. The van der Waals surface area contributed by atoms with Gasteiger partial charge in [-0.2, -0.15) is 0 Å². The Labute approximate surface area is 123 Å². The van der Waals surface area contributed by atoms with Crippen molar-refractivity contribution in [2.24, 2.45) is 22.1 Å². The highest BCUT2D eigenvalue weighted by Gasteiger charge is 2.37. The second kappa shape index (κ2) is 8.16. The predicted octanol–water partition coefficient (Wildman–Crippen LogP) is 3.14. The Morgan fingerprint density at radius 3 is 2.47 bits per heavy atom. The maximum atomic E-state index is 5.82. The minimum absolute atomic E-state index is 0. The molecule has 0 unspecified atom stereocenters. The zero-order valence-corrected chi connectivity index (χ0v) is 13.8. The minimum Gasteiger partial charge on any atom is -0.370 e. The lowest BCUT2D eigenvalue weighted by molar-refractivity contribution is 0.111. The summed E-state index contributed by atoms with van der Waals surface area (Å²) < 4.78 is 0. The zero-order valence-electron chi connectivity index (χ0n) is 11.5. The maximum absolute atomic E-state index is 5.82. The molecule has 102 valence electrons. The van der Waals surface area contributed by atoms with Gasteiger partial charge in [-0.25, -0.2) is 0 Å². The van der Waals surface area contributed by atoms with Crippen LogP contribution in [0.4, 0.5) is 0 Å². The SMILES string of the molecule is CCCNC(N)=NCC1(CC(C)C)CCC1.I. The molecule has 17 heavy (non-hydrogen) atoms. The molecule has 0 aromatic heterocycles. The van der Waals surface area contributed by atoms with E-state index in [-0.39, 0.29) is 24.0 Å². The van der Waals surface area contributed by atoms with E-state index in [1.54, 1.807) is 0 Å². The van der Waals surface area contributed by atoms with Gasteiger partial charge in [0.25, 0.3) is 0 Å². The van der Waals surface area contributed by atoms with Gasteiger partial charge in [0, 0.05) is 13.1 Å². The number of guanidine groups is 1. The lowest BCUT2D eigenvalue weighted by Gasteiger charge is -2.42. The highest BCUT2D eigenvalue weighted by molar-refractivity contribution is 14.0. The summed E-state index contributed by atoms with van der Waals surface area (Å²) in [5.74, 6) is 1.39. The van der Waals surface area contributed by atoms with E-state index in [1.165, 1.54) is 25.7 Å². The van der Waals surface area contributed by atoms with Gasteiger partial charge in [-0.3, -0.25) is 4.99 Å². The molecule has 0 aromatic carbocycles. The van der Waals surface area contributed by atoms with Crippen LogP contribution in [0.3, 0.4) is 0 Å². The van der Waals surface area contributed by atoms with Crippen LogP contribution in [0.15, 0.2) is 4.99 Å². The van der Waals surface area contributed by atoms with Gasteiger partial charge in [-0.1, -0.05) is 27.2 Å². The van der Waals surface area contributed by atoms with Crippen molar-refractivity contribution in [3.63, 3.8) is 0 Å². The maximum Gasteiger partial charge on any atom is 0.188 e. The molecule has 0 radical (unpaired) electrons. The van der Waals surface area contributed by atoms with Crippen molar-refractivity contribution < 1.29 is 0 Å². The highest BCUT2D eigenvalue weighted by atomic mass is 127. The molecular formula is C13H28IN3. The average molecular weight is 353 g/mol. The fourth-order valence-electron chi connectivity index (χ4n) is 2.53. The molecule has 0 atom stereocenters. The summed E-state index contributed by atoms with van der Waals surface area (Å²) >= 11 is 0. The Morgan fingerprint density at radius 2 is 2.06 bits per heavy atom. The molecule has 3 nitrogen and oxygen atoms in total. The summed E-state index contributed by atoms with van der Waals surface area (Å²) in [6.07, 6.45) is 6.40. The molecular weight excluding hydrogens is 325 g/mol. The van der Waals surface area contributed by atoms with Crippen LogP contribution in [0.25, 0.3) is 0 Å². The number of hydrogen-bond donors (Lipinski definition) is 2. The Morgan fingerprint density at radius 1 is 1.41 bits per heavy atom. The van der Waals surface area contributed by atoms with E-state index < -0.39 is 0 Å². The topological polar surface area (TPSA) is 50.4 Å². The van der Waals surface area contributed by atoms with Crippen LogP contribution in [-0.4, -0.2) is 19.0 Å². The van der Waals surface area contributed by atoms with Gasteiger partial charge >= 0.3 is 0 Å². The van der Waals surface area contributed by atoms with E-state index in [0.717, 1.165) is 25.4 Å². The van der Waals surface area contributed by atoms with E-state index in [0.29, 0.717) is 11.4 Å². The van der Waals surface area contributed by atoms with Gasteiger partial charge in [0.15, 0.2) is 5.96 Å². The number of nitrogens with zero attached hydrogens (tertiary/aromatic N) is 1. The third-order valence-electron chi connectivity index (χ3n) is 3.40. The summed E-state index contributed by atoms with van der Waals surface area (Å²) in [6, 6.07) is 0. The Hall–Kier alpha value is 0. The first-order valence-electron chi connectivity index (χ1n) is 6.62. The monoisotopic (exact) mass is 353 g/mol. The summed E-state index contributed by atoms with van der Waals surface area (Å²) in [5.41, 5.74) is 6.28. The van der Waals surface area contributed by atoms with Crippen molar-refractivity contribution >= 4 is 29.9 Å². The first kappa shape index (κ1) is 17.0. The van der Waals surface area contributed by atoms with Gasteiger partial charge in [-0.15, -0.1) is 24.0 Å². The summed E-state index contributed by atoms with van der Waals surface area (Å²) in [7, 11) is 0. The van der Waals surface area contributed by atoms with Crippen molar-refractivity contribution in [3.8, 4) is 0 Å². The first-order valence-corrected chi connectivity index (χ1v) is 6.62. The molecule has 1 aliphatic carbocycles. The van der Waals surface area contributed by atoms with Crippen LogP contribution in [0.2, 0.25) is 0 Å². The zero-order chi connectivity index (χ0) is 12.0. The molecule has 1 saturated carbocycles. The van der Waals surface area contributed by atoms with Crippen LogP contribution in [0, 0.1) is 11.3 Å². The van der Waals surface area contributed by atoms with Crippen LogP contribution >= 0.6 is 24.0 Å². The molecule has 1 fully saturated rings. The summed E-state index contributed by atoms with van der Waals surface area (Å²) in [4.78, 5) is 4.49. The molecule has 0 amide bonds. The molecule has 0 aliphatic heterocycles. The lowest BCUT2D eigenvalue weighted by Crippen LogP contribution is -2.37. The van der Waals surface area contributed by atoms with E-state index in [4.69, 9.17) is 5.73 Å². The number of nitrogens with one attached hydrogen (secondary N) is 1. The predicted molar refractivity (Wildman–Crippen MR) is 85.9 cm³/mol. The largest absolute Gasteiger partial charge is 0.370 e. The van der Waals surface area contributed by atoms with Crippen molar-refractivity contribution in [1.82, 2.24) is 5.32 Å². The normalized spacial score (nSPS) is 18.5. The van der Waals surface area contributed by atoms with Crippen LogP contribution in [-0.2, 0) is 0 Å². The average Bonchev–Trinajstić information content (AvgIpc) is 2.18. The summed E-state index contributed by atoms with van der Waals surface area (Å²) in [6.45, 7) is 8.55. The second-order valence-corrected chi connectivity index (χ2v) is 5.58. The number of hydrogen-bond acceptors (Lipinski definition) is 1. The molecule has 1 rings (SSSR count). The molecule has 0 spiro atoms. The second-order valence-electron chi connectivity index (χ2n) is 5.58. The molecule has 0 saturated heterocycles. The van der Waals surface area contributed by atoms with Crippen LogP contribution in [0.1, 0.15) is 52.9 Å². The molecule has 4 heteroatoms. The smallest absolute Gasteiger partial charge is 0.188 e. The number of aliphatic imine (C=N–C) groups is 1. The van der Waals surface area contributed by atoms with E-state index >= 15 is 0 Å². The molecule has 0 aromatic rings. The fourth-order valence-corrected chi connectivity index (χ4v) is 2.53. The molecule has 0 heterocycles. The molecule has 1 aliphatic rings. The van der Waals surface area contributed by atoms with Crippen molar-refractivity contribution in [2.45, 2.75) is 52.9 Å². The van der Waals surface area contributed by atoms with Crippen LogP contribution < -0.4 is 11.1 Å². The summed E-state index contributed by atoms with van der Waals surface area (Å²) in [5, 5.41) is 3.13. The minimum atomic E-state index is 0. The highest BCUT2D eigenvalue weighted by Crippen LogP contribution is 2.46. The number of rotatable bonds is 6. The number of halogens is 1. The Bertz CT molecular complexity index is 235. The molecule has 3 N–H and O–H groups in total. The molecule has 0 bridgehead atoms. The number of nitrogens with two attached hydrogens (primary N) is 1. The van der Waals surface area contributed by atoms with Gasteiger partial charge < -0.3 is 11.1 Å². The van der Waals surface area contributed by atoms with E-state index in [1.807, 2.05) is 0 Å². The third kappa shape index (κ3) is 5.93. The van der Waals surface area contributed by atoms with Gasteiger partial charge in [0.05, 0.1) is 0 Å². The fraction of sp³-hybridized carbons (Fsp3) is 0.923. The standard InChI is InChI=1S/C13H27N3.HI/c1-4-8-15-12(14)16-10-13(6-5-7-13)9-11(2)3;/h11H,4-10H2,1-3H3,(H3,14,15,16);1H. The van der Waals surface area contributed by atoms with Gasteiger partial charge in [-0.05, 0) is 37.0 Å². The Kier molecular flexibility index (Phi) is 8.16. The van der Waals surface area contributed by atoms with E-state index in [2.05, 4.69) is 31.1 Å². The van der Waals surface area contributed by atoms with E-state index in [9.17, 15) is 0 Å². The van der Waals surface area contributed by atoms with Gasteiger partial charge in [0.2, 0.25) is 0 Å². The third-order valence-corrected chi connectivity index (χ3v) is 3.40. The van der Waals surface area contributed by atoms with Gasteiger partial charge in [0.1, 0.15) is 0 Å². The Balaban J connectivity index is 0.00000256. The quantitative estimate of drug-likeness (QED) is 0.438. The van der Waals surface area contributed by atoms with Crippen molar-refractivity contribution in [1.29, 1.82) is 0 Å². The van der Waals surface area contributed by atoms with Crippen molar-refractivity contribution in [3.05, 3.63) is 0 Å². The lowest BCUT2D eigenvalue weighted by atomic mass is 9.64. The van der Waals surface area contributed by atoms with Crippen molar-refractivity contribution in [2.75, 3.05) is 13.1 Å². The van der Waals surface area contributed by atoms with Crippen LogP contribution in [0.5, 0.6) is 0 Å².